The van der Waals surface area contributed by atoms with Crippen LogP contribution in [0.25, 0.3) is 0 Å². The third kappa shape index (κ3) is 1.87. The lowest BCUT2D eigenvalue weighted by Gasteiger charge is -2.22. The smallest absolute Gasteiger partial charge is 0.243 e. The molecule has 0 aliphatic heterocycles. The maximum atomic E-state index is 6.06. The summed E-state index contributed by atoms with van der Waals surface area (Å²) in [4.78, 5) is 4.47. The van der Waals surface area contributed by atoms with E-state index in [1.165, 1.54) is 12.8 Å². The fourth-order valence-electron chi connectivity index (χ4n) is 2.68. The van der Waals surface area contributed by atoms with E-state index in [-0.39, 0.29) is 11.6 Å². The number of nitrogens with zero attached hydrogens (tertiary/aromatic N) is 2. The number of hydrogen-bond acceptors (Lipinski definition) is 5. The monoisotopic (exact) mass is 237 g/mol. The van der Waals surface area contributed by atoms with E-state index in [1.54, 1.807) is 7.11 Å². The van der Waals surface area contributed by atoms with E-state index < -0.39 is 0 Å². The van der Waals surface area contributed by atoms with Crippen molar-refractivity contribution in [2.45, 2.75) is 50.2 Å². The van der Waals surface area contributed by atoms with E-state index in [4.69, 9.17) is 15.0 Å². The summed E-state index contributed by atoms with van der Waals surface area (Å²) in [6.45, 7) is 0. The minimum absolute atomic E-state index is 0.0911. The van der Waals surface area contributed by atoms with E-state index in [1.807, 2.05) is 0 Å². The van der Waals surface area contributed by atoms with Gasteiger partial charge in [0, 0.05) is 7.11 Å². The molecular weight excluding hydrogens is 218 g/mol. The molecule has 17 heavy (non-hydrogen) atoms. The Morgan fingerprint density at radius 2 is 2.12 bits per heavy atom. The summed E-state index contributed by atoms with van der Waals surface area (Å²) in [7, 11) is 1.72. The van der Waals surface area contributed by atoms with Gasteiger partial charge in [0.05, 0.1) is 6.04 Å². The molecule has 1 unspecified atom stereocenters. The predicted molar refractivity (Wildman–Crippen MR) is 61.1 cm³/mol. The number of rotatable bonds is 4. The van der Waals surface area contributed by atoms with Crippen LogP contribution in [0.3, 0.4) is 0 Å². The van der Waals surface area contributed by atoms with E-state index >= 15 is 0 Å². The molecule has 1 atom stereocenters. The van der Waals surface area contributed by atoms with E-state index in [0.29, 0.717) is 17.6 Å². The molecule has 2 aliphatic rings. The Morgan fingerprint density at radius 3 is 2.71 bits per heavy atom. The highest BCUT2D eigenvalue weighted by Gasteiger charge is 2.41. The van der Waals surface area contributed by atoms with Crippen molar-refractivity contribution in [3.8, 4) is 0 Å². The van der Waals surface area contributed by atoms with Gasteiger partial charge in [0.1, 0.15) is 5.60 Å². The van der Waals surface area contributed by atoms with Gasteiger partial charge in [-0.3, -0.25) is 0 Å². The van der Waals surface area contributed by atoms with Crippen molar-refractivity contribution < 1.29 is 9.26 Å². The van der Waals surface area contributed by atoms with Crippen molar-refractivity contribution in [3.05, 3.63) is 11.7 Å². The fourth-order valence-corrected chi connectivity index (χ4v) is 2.68. The van der Waals surface area contributed by atoms with Gasteiger partial charge in [0.15, 0.2) is 0 Å². The van der Waals surface area contributed by atoms with Crippen molar-refractivity contribution >= 4 is 0 Å². The lowest BCUT2D eigenvalue weighted by Crippen LogP contribution is -2.26. The zero-order valence-corrected chi connectivity index (χ0v) is 10.2. The summed E-state index contributed by atoms with van der Waals surface area (Å²) >= 11 is 0. The van der Waals surface area contributed by atoms with Crippen molar-refractivity contribution in [3.63, 3.8) is 0 Å². The van der Waals surface area contributed by atoms with E-state index in [2.05, 4.69) is 10.1 Å². The normalized spacial score (nSPS) is 25.1. The number of methoxy groups -OCH3 is 1. The van der Waals surface area contributed by atoms with Crippen LogP contribution in [0, 0.1) is 5.92 Å². The molecule has 2 fully saturated rings. The minimum atomic E-state index is -0.328. The number of ether oxygens (including phenoxy) is 1. The summed E-state index contributed by atoms with van der Waals surface area (Å²) in [5.41, 5.74) is 5.73. The topological polar surface area (TPSA) is 74.2 Å². The van der Waals surface area contributed by atoms with Crippen LogP contribution in [0.5, 0.6) is 0 Å². The molecule has 3 rings (SSSR count). The van der Waals surface area contributed by atoms with Gasteiger partial charge in [-0.2, -0.15) is 4.98 Å². The molecule has 1 aromatic heterocycles. The third-order valence-electron chi connectivity index (χ3n) is 4.07. The number of hydrogen-bond donors (Lipinski definition) is 1. The number of aromatic nitrogens is 2. The summed E-state index contributed by atoms with van der Waals surface area (Å²) in [6.07, 6.45) is 6.61. The van der Waals surface area contributed by atoms with Crippen LogP contribution in [0.4, 0.5) is 0 Å². The van der Waals surface area contributed by atoms with Crippen LogP contribution in [-0.2, 0) is 10.3 Å². The highest BCUT2D eigenvalue weighted by atomic mass is 16.5. The molecule has 0 spiro atoms. The molecule has 1 heterocycles. The molecule has 1 aromatic rings. The van der Waals surface area contributed by atoms with Gasteiger partial charge in [0.2, 0.25) is 11.7 Å². The van der Waals surface area contributed by atoms with Gasteiger partial charge in [-0.1, -0.05) is 5.16 Å². The maximum Gasteiger partial charge on any atom is 0.243 e. The Morgan fingerprint density at radius 1 is 1.41 bits per heavy atom. The first-order valence-electron chi connectivity index (χ1n) is 6.40. The summed E-state index contributed by atoms with van der Waals surface area (Å²) in [5, 5.41) is 4.08. The lowest BCUT2D eigenvalue weighted by atomic mass is 10.0. The molecule has 2 N–H and O–H groups in total. The van der Waals surface area contributed by atoms with E-state index in [9.17, 15) is 0 Å². The first-order chi connectivity index (χ1) is 8.25. The molecule has 94 valence electrons. The van der Waals surface area contributed by atoms with Crippen LogP contribution in [0.15, 0.2) is 4.52 Å². The maximum absolute atomic E-state index is 6.06. The quantitative estimate of drug-likeness (QED) is 0.865. The Balaban J connectivity index is 1.83. The molecule has 0 aromatic carbocycles. The first kappa shape index (κ1) is 11.2. The summed E-state index contributed by atoms with van der Waals surface area (Å²) in [5.74, 6) is 1.79. The van der Waals surface area contributed by atoms with E-state index in [0.717, 1.165) is 25.7 Å². The third-order valence-corrected chi connectivity index (χ3v) is 4.07. The molecule has 0 amide bonds. The van der Waals surface area contributed by atoms with Crippen LogP contribution >= 0.6 is 0 Å². The Labute approximate surface area is 101 Å². The van der Waals surface area contributed by atoms with Crippen molar-refractivity contribution in [1.29, 1.82) is 0 Å². The second-order valence-corrected chi connectivity index (χ2v) is 5.22. The van der Waals surface area contributed by atoms with Gasteiger partial charge < -0.3 is 15.0 Å². The van der Waals surface area contributed by atoms with Crippen LogP contribution in [0.1, 0.15) is 56.3 Å². The first-order valence-corrected chi connectivity index (χ1v) is 6.40. The summed E-state index contributed by atoms with van der Waals surface area (Å²) in [6, 6.07) is -0.0911. The van der Waals surface area contributed by atoms with Gasteiger partial charge in [-0.15, -0.1) is 0 Å². The van der Waals surface area contributed by atoms with Gasteiger partial charge in [-0.05, 0) is 44.4 Å². The zero-order valence-electron chi connectivity index (χ0n) is 10.2. The van der Waals surface area contributed by atoms with Crippen molar-refractivity contribution in [2.24, 2.45) is 11.7 Å². The molecule has 0 bridgehead atoms. The average Bonchev–Trinajstić information content (AvgIpc) is 2.90. The second-order valence-electron chi connectivity index (χ2n) is 5.22. The Bertz CT molecular complexity index is 394. The largest absolute Gasteiger partial charge is 0.370 e. The van der Waals surface area contributed by atoms with Crippen LogP contribution in [0.2, 0.25) is 0 Å². The van der Waals surface area contributed by atoms with Gasteiger partial charge in [-0.25, -0.2) is 0 Å². The average molecular weight is 237 g/mol. The predicted octanol–water partition coefficient (Wildman–Crippen LogP) is 1.90. The molecule has 5 heteroatoms. The fraction of sp³-hybridized carbons (Fsp3) is 0.833. The molecular formula is C12H19N3O2. The SMILES string of the molecule is COC1(c2noc(C(N)C3CC3)n2)CCCC1. The van der Waals surface area contributed by atoms with Crippen molar-refractivity contribution in [1.82, 2.24) is 10.1 Å². The molecule has 0 saturated heterocycles. The van der Waals surface area contributed by atoms with Gasteiger partial charge in [0.25, 0.3) is 0 Å². The highest BCUT2D eigenvalue weighted by molar-refractivity contribution is 5.07. The molecule has 5 nitrogen and oxygen atoms in total. The second kappa shape index (κ2) is 4.07. The summed E-state index contributed by atoms with van der Waals surface area (Å²) < 4.78 is 10.9. The number of nitrogens with two attached hydrogens (primary N) is 1. The van der Waals surface area contributed by atoms with Crippen molar-refractivity contribution in [2.75, 3.05) is 7.11 Å². The molecule has 2 saturated carbocycles. The minimum Gasteiger partial charge on any atom is -0.370 e. The Kier molecular flexibility index (Phi) is 2.67. The molecule has 0 radical (unpaired) electrons. The molecule has 2 aliphatic carbocycles. The zero-order chi connectivity index (χ0) is 11.9. The highest BCUT2D eigenvalue weighted by Crippen LogP contribution is 2.42. The van der Waals surface area contributed by atoms with Crippen LogP contribution < -0.4 is 5.73 Å². The van der Waals surface area contributed by atoms with Crippen LogP contribution in [-0.4, -0.2) is 17.3 Å². The Hall–Kier alpha value is -0.940. The lowest BCUT2D eigenvalue weighted by molar-refractivity contribution is -0.0178. The van der Waals surface area contributed by atoms with Gasteiger partial charge >= 0.3 is 0 Å². The standard InChI is InChI=1S/C12H19N3O2/c1-16-12(6-2-3-7-12)11-14-10(17-15-11)9(13)8-4-5-8/h8-9H,2-7,13H2,1H3.